The summed E-state index contributed by atoms with van der Waals surface area (Å²) in [5, 5.41) is 0. The number of rotatable bonds is 4. The Morgan fingerprint density at radius 1 is 1.21 bits per heavy atom. The second-order valence-electron chi connectivity index (χ2n) is 3.75. The van der Waals surface area contributed by atoms with E-state index in [1.54, 1.807) is 6.07 Å². The van der Waals surface area contributed by atoms with Crippen molar-refractivity contribution < 1.29 is 13.2 Å². The highest BCUT2D eigenvalue weighted by atomic mass is 32.2. The Balaban J connectivity index is 2.34. The molecule has 0 bridgehead atoms. The van der Waals surface area contributed by atoms with Gasteiger partial charge in [-0.3, -0.25) is 9.71 Å². The largest absolute Gasteiger partial charge is 0.494 e. The smallest absolute Gasteiger partial charge is 0.262 e. The van der Waals surface area contributed by atoms with Crippen molar-refractivity contribution in [2.45, 2.75) is 4.90 Å². The van der Waals surface area contributed by atoms with Crippen LogP contribution in [0, 0.1) is 0 Å². The molecule has 0 spiro atoms. The van der Waals surface area contributed by atoms with Gasteiger partial charge >= 0.3 is 0 Å². The minimum atomic E-state index is -3.69. The third-order valence-electron chi connectivity index (χ3n) is 2.44. The topological polar surface area (TPSA) is 94.3 Å². The molecule has 0 fully saturated rings. The van der Waals surface area contributed by atoms with E-state index in [-0.39, 0.29) is 10.6 Å². The van der Waals surface area contributed by atoms with Gasteiger partial charge in [0, 0.05) is 18.0 Å². The van der Waals surface area contributed by atoms with E-state index in [2.05, 4.69) is 9.71 Å². The summed E-state index contributed by atoms with van der Waals surface area (Å²) in [6.07, 6.45) is 2.90. The molecule has 0 aliphatic heterocycles. The van der Waals surface area contributed by atoms with Gasteiger partial charge in [0.15, 0.2) is 0 Å². The van der Waals surface area contributed by atoms with Crippen LogP contribution < -0.4 is 15.2 Å². The molecule has 0 aliphatic carbocycles. The van der Waals surface area contributed by atoms with Gasteiger partial charge in [0.2, 0.25) is 0 Å². The summed E-state index contributed by atoms with van der Waals surface area (Å²) in [6, 6.07) is 7.48. The van der Waals surface area contributed by atoms with Gasteiger partial charge in [-0.25, -0.2) is 8.42 Å². The Hall–Kier alpha value is -2.28. The number of hydrogen-bond donors (Lipinski definition) is 2. The maximum Gasteiger partial charge on any atom is 0.262 e. The standard InChI is InChI=1S/C12H13N3O3S/c1-18-12-6-7-14-8-11(12)15-19(16,17)10-4-2-9(13)3-5-10/h2-8,15H,13H2,1H3. The molecule has 0 saturated heterocycles. The first-order valence-corrected chi connectivity index (χ1v) is 6.87. The first kappa shape index (κ1) is 13.2. The highest BCUT2D eigenvalue weighted by molar-refractivity contribution is 7.92. The molecule has 0 amide bonds. The van der Waals surface area contributed by atoms with Gasteiger partial charge in [0.05, 0.1) is 18.2 Å². The number of ether oxygens (including phenoxy) is 1. The average Bonchev–Trinajstić information content (AvgIpc) is 2.39. The molecule has 1 aromatic carbocycles. The molecule has 1 heterocycles. The van der Waals surface area contributed by atoms with Crippen molar-refractivity contribution >= 4 is 21.4 Å². The van der Waals surface area contributed by atoms with Crippen LogP contribution in [0.2, 0.25) is 0 Å². The monoisotopic (exact) mass is 279 g/mol. The Morgan fingerprint density at radius 2 is 1.89 bits per heavy atom. The SMILES string of the molecule is COc1ccncc1NS(=O)(=O)c1ccc(N)cc1. The maximum atomic E-state index is 12.1. The quantitative estimate of drug-likeness (QED) is 0.826. The van der Waals surface area contributed by atoms with Crippen molar-refractivity contribution in [2.24, 2.45) is 0 Å². The van der Waals surface area contributed by atoms with E-state index in [0.717, 1.165) is 0 Å². The summed E-state index contributed by atoms with van der Waals surface area (Å²) in [5.74, 6) is 0.397. The van der Waals surface area contributed by atoms with E-state index < -0.39 is 10.0 Å². The van der Waals surface area contributed by atoms with E-state index >= 15 is 0 Å². The maximum absolute atomic E-state index is 12.1. The zero-order chi connectivity index (χ0) is 13.9. The van der Waals surface area contributed by atoms with Crippen molar-refractivity contribution in [1.82, 2.24) is 4.98 Å². The minimum Gasteiger partial charge on any atom is -0.494 e. The summed E-state index contributed by atoms with van der Waals surface area (Å²) in [5.41, 5.74) is 6.30. The van der Waals surface area contributed by atoms with Gasteiger partial charge in [-0.05, 0) is 24.3 Å². The molecule has 0 atom stereocenters. The molecule has 1 aromatic heterocycles. The molecule has 0 aliphatic rings. The van der Waals surface area contributed by atoms with Gasteiger partial charge in [-0.1, -0.05) is 0 Å². The van der Waals surface area contributed by atoms with Crippen LogP contribution in [0.5, 0.6) is 5.75 Å². The number of hydrogen-bond acceptors (Lipinski definition) is 5. The molecular weight excluding hydrogens is 266 g/mol. The van der Waals surface area contributed by atoms with Crippen LogP contribution in [0.1, 0.15) is 0 Å². The molecule has 3 N–H and O–H groups in total. The molecule has 0 radical (unpaired) electrons. The van der Waals surface area contributed by atoms with Gasteiger partial charge in [0.25, 0.3) is 10.0 Å². The number of aromatic nitrogens is 1. The molecule has 7 heteroatoms. The van der Waals surface area contributed by atoms with Gasteiger partial charge in [-0.2, -0.15) is 0 Å². The van der Waals surface area contributed by atoms with Crippen LogP contribution >= 0.6 is 0 Å². The van der Waals surface area contributed by atoms with Crippen molar-refractivity contribution in [2.75, 3.05) is 17.6 Å². The number of nitrogens with one attached hydrogen (secondary N) is 1. The Labute approximate surface area is 111 Å². The van der Waals surface area contributed by atoms with Gasteiger partial charge < -0.3 is 10.5 Å². The Bertz CT molecular complexity index is 669. The number of nitrogen functional groups attached to an aromatic ring is 1. The fourth-order valence-corrected chi connectivity index (χ4v) is 2.54. The summed E-state index contributed by atoms with van der Waals surface area (Å²) in [7, 11) is -2.23. The number of benzene rings is 1. The molecule has 19 heavy (non-hydrogen) atoms. The van der Waals surface area contributed by atoms with Gasteiger partial charge in [0.1, 0.15) is 11.4 Å². The van der Waals surface area contributed by atoms with Crippen LogP contribution in [0.15, 0.2) is 47.6 Å². The lowest BCUT2D eigenvalue weighted by atomic mass is 10.3. The van der Waals surface area contributed by atoms with Crippen molar-refractivity contribution in [1.29, 1.82) is 0 Å². The highest BCUT2D eigenvalue weighted by Crippen LogP contribution is 2.25. The first-order chi connectivity index (χ1) is 9.03. The van der Waals surface area contributed by atoms with E-state index in [1.165, 1.54) is 43.8 Å². The van der Waals surface area contributed by atoms with Crippen molar-refractivity contribution in [3.8, 4) is 5.75 Å². The first-order valence-electron chi connectivity index (χ1n) is 5.39. The highest BCUT2D eigenvalue weighted by Gasteiger charge is 2.16. The second-order valence-corrected chi connectivity index (χ2v) is 5.43. The van der Waals surface area contributed by atoms with E-state index in [9.17, 15) is 8.42 Å². The number of methoxy groups -OCH3 is 1. The Kier molecular flexibility index (Phi) is 3.57. The predicted molar refractivity (Wildman–Crippen MR) is 72.5 cm³/mol. The van der Waals surface area contributed by atoms with E-state index in [4.69, 9.17) is 10.5 Å². The third-order valence-corrected chi connectivity index (χ3v) is 3.82. The fraction of sp³-hybridized carbons (Fsp3) is 0.0833. The predicted octanol–water partition coefficient (Wildman–Crippen LogP) is 1.47. The molecule has 2 aromatic rings. The summed E-state index contributed by atoms with van der Waals surface area (Å²) < 4.78 is 31.8. The van der Waals surface area contributed by atoms with Crippen LogP contribution in [0.3, 0.4) is 0 Å². The minimum absolute atomic E-state index is 0.118. The average molecular weight is 279 g/mol. The normalized spacial score (nSPS) is 11.0. The van der Waals surface area contributed by atoms with Gasteiger partial charge in [-0.15, -0.1) is 0 Å². The molecule has 100 valence electrons. The number of sulfonamides is 1. The molecule has 6 nitrogen and oxygen atoms in total. The second kappa shape index (κ2) is 5.15. The Morgan fingerprint density at radius 3 is 2.53 bits per heavy atom. The van der Waals surface area contributed by atoms with Crippen LogP contribution in [0.4, 0.5) is 11.4 Å². The zero-order valence-electron chi connectivity index (χ0n) is 10.2. The van der Waals surface area contributed by atoms with E-state index in [1.807, 2.05) is 0 Å². The van der Waals surface area contributed by atoms with Crippen molar-refractivity contribution in [3.05, 3.63) is 42.7 Å². The lowest BCUT2D eigenvalue weighted by Gasteiger charge is -2.11. The lowest BCUT2D eigenvalue weighted by molar-refractivity contribution is 0.416. The van der Waals surface area contributed by atoms with Crippen molar-refractivity contribution in [3.63, 3.8) is 0 Å². The molecule has 0 unspecified atom stereocenters. The van der Waals surface area contributed by atoms with Crippen LogP contribution in [-0.4, -0.2) is 20.5 Å². The number of nitrogens with two attached hydrogens (primary N) is 1. The number of anilines is 2. The molecule has 2 rings (SSSR count). The number of nitrogens with zero attached hydrogens (tertiary/aromatic N) is 1. The molecule has 0 saturated carbocycles. The molecular formula is C12H13N3O3S. The van der Waals surface area contributed by atoms with Crippen LogP contribution in [-0.2, 0) is 10.0 Å². The third kappa shape index (κ3) is 2.94. The van der Waals surface area contributed by atoms with E-state index in [0.29, 0.717) is 11.4 Å². The summed E-state index contributed by atoms with van der Waals surface area (Å²) in [6.45, 7) is 0. The fourth-order valence-electron chi connectivity index (χ4n) is 1.49. The van der Waals surface area contributed by atoms with Crippen LogP contribution in [0.25, 0.3) is 0 Å². The number of pyridine rings is 1. The summed E-state index contributed by atoms with van der Waals surface area (Å²) in [4.78, 5) is 3.98. The zero-order valence-corrected chi connectivity index (χ0v) is 11.0. The lowest BCUT2D eigenvalue weighted by Crippen LogP contribution is -2.13. The summed E-state index contributed by atoms with van der Waals surface area (Å²) >= 11 is 0.